The Balaban J connectivity index is 2.16. The topological polar surface area (TPSA) is 86.8 Å². The van der Waals surface area contributed by atoms with Crippen molar-refractivity contribution in [1.29, 1.82) is 0 Å². The predicted molar refractivity (Wildman–Crippen MR) is 81.2 cm³/mol. The van der Waals surface area contributed by atoms with Crippen LogP contribution in [-0.4, -0.2) is 26.5 Å². The minimum absolute atomic E-state index is 0.111. The number of hydrogen-bond acceptors (Lipinski definition) is 6. The van der Waals surface area contributed by atoms with E-state index in [1.807, 2.05) is 19.1 Å². The molecule has 0 fully saturated rings. The van der Waals surface area contributed by atoms with Gasteiger partial charge in [-0.3, -0.25) is 0 Å². The molecule has 106 valence electrons. The van der Waals surface area contributed by atoms with Crippen molar-refractivity contribution in [2.24, 2.45) is 0 Å². The van der Waals surface area contributed by atoms with Gasteiger partial charge < -0.3 is 10.5 Å². The van der Waals surface area contributed by atoms with Gasteiger partial charge in [0.05, 0.1) is 18.5 Å². The number of nitrogens with two attached hydrogens (primary N) is 1. The number of rotatable bonds is 3. The standard InChI is InChI=1S/C14H12ClN5O/c1-2-21-13-11-12(19-14(16)20-13)17-7-10(18-11)8-3-5-9(15)6-4-8/h3-7H,2H2,1H3,(H2,16,17,19,20). The van der Waals surface area contributed by atoms with Crippen LogP contribution >= 0.6 is 11.6 Å². The van der Waals surface area contributed by atoms with Gasteiger partial charge in [0.2, 0.25) is 11.8 Å². The van der Waals surface area contributed by atoms with Crippen LogP contribution in [0.15, 0.2) is 30.5 Å². The fourth-order valence-electron chi connectivity index (χ4n) is 1.90. The molecule has 0 spiro atoms. The first-order chi connectivity index (χ1) is 10.2. The summed E-state index contributed by atoms with van der Waals surface area (Å²) >= 11 is 5.89. The zero-order valence-corrected chi connectivity index (χ0v) is 12.0. The second-order valence-corrected chi connectivity index (χ2v) is 4.69. The van der Waals surface area contributed by atoms with Crippen LogP contribution in [-0.2, 0) is 0 Å². The second kappa shape index (κ2) is 5.49. The molecule has 6 nitrogen and oxygen atoms in total. The van der Waals surface area contributed by atoms with E-state index in [1.54, 1.807) is 18.3 Å². The van der Waals surface area contributed by atoms with E-state index in [0.717, 1.165) is 5.56 Å². The highest BCUT2D eigenvalue weighted by Crippen LogP contribution is 2.24. The summed E-state index contributed by atoms with van der Waals surface area (Å²) in [5.41, 5.74) is 8.11. The van der Waals surface area contributed by atoms with Crippen LogP contribution in [0, 0.1) is 0 Å². The van der Waals surface area contributed by atoms with Crippen LogP contribution in [0.4, 0.5) is 5.95 Å². The molecule has 0 aliphatic heterocycles. The first-order valence-electron chi connectivity index (χ1n) is 6.36. The molecular weight excluding hydrogens is 290 g/mol. The highest BCUT2D eigenvalue weighted by molar-refractivity contribution is 6.30. The third-order valence-corrected chi connectivity index (χ3v) is 3.07. The molecule has 2 aromatic heterocycles. The lowest BCUT2D eigenvalue weighted by atomic mass is 10.1. The Morgan fingerprint density at radius 2 is 1.90 bits per heavy atom. The summed E-state index contributed by atoms with van der Waals surface area (Å²) in [5, 5.41) is 0.665. The molecule has 0 saturated carbocycles. The largest absolute Gasteiger partial charge is 0.476 e. The average molecular weight is 302 g/mol. The number of anilines is 1. The Morgan fingerprint density at radius 1 is 1.14 bits per heavy atom. The van der Waals surface area contributed by atoms with Crippen molar-refractivity contribution in [3.63, 3.8) is 0 Å². The molecule has 0 bridgehead atoms. The number of hydrogen-bond donors (Lipinski definition) is 1. The zero-order chi connectivity index (χ0) is 14.8. The molecule has 0 aliphatic rings. The molecule has 0 unspecified atom stereocenters. The number of nitrogens with zero attached hydrogens (tertiary/aromatic N) is 4. The van der Waals surface area contributed by atoms with Crippen LogP contribution in [0.2, 0.25) is 5.02 Å². The van der Waals surface area contributed by atoms with E-state index < -0.39 is 0 Å². The Labute approximate surface area is 126 Å². The Bertz CT molecular complexity index is 791. The van der Waals surface area contributed by atoms with E-state index in [-0.39, 0.29) is 5.95 Å². The van der Waals surface area contributed by atoms with Crippen molar-refractivity contribution >= 4 is 28.7 Å². The van der Waals surface area contributed by atoms with Crippen molar-refractivity contribution in [3.8, 4) is 17.1 Å². The lowest BCUT2D eigenvalue weighted by Gasteiger charge is -2.07. The highest BCUT2D eigenvalue weighted by Gasteiger charge is 2.11. The van der Waals surface area contributed by atoms with Gasteiger partial charge in [-0.05, 0) is 19.1 Å². The van der Waals surface area contributed by atoms with Gasteiger partial charge in [-0.15, -0.1) is 0 Å². The molecule has 3 aromatic rings. The summed E-state index contributed by atoms with van der Waals surface area (Å²) in [7, 11) is 0. The predicted octanol–water partition coefficient (Wildman–Crippen LogP) is 2.72. The number of halogens is 1. The quantitative estimate of drug-likeness (QED) is 0.800. The van der Waals surface area contributed by atoms with E-state index in [0.29, 0.717) is 34.4 Å². The van der Waals surface area contributed by atoms with Gasteiger partial charge in [-0.1, -0.05) is 23.7 Å². The molecule has 1 aromatic carbocycles. The fraction of sp³-hybridized carbons (Fsp3) is 0.143. The van der Waals surface area contributed by atoms with E-state index in [4.69, 9.17) is 22.1 Å². The Morgan fingerprint density at radius 3 is 2.62 bits per heavy atom. The first-order valence-corrected chi connectivity index (χ1v) is 6.74. The lowest BCUT2D eigenvalue weighted by molar-refractivity contribution is 0.330. The highest BCUT2D eigenvalue weighted by atomic mass is 35.5. The molecule has 2 heterocycles. The Kier molecular flexibility index (Phi) is 3.53. The van der Waals surface area contributed by atoms with Crippen molar-refractivity contribution < 1.29 is 4.74 Å². The average Bonchev–Trinajstić information content (AvgIpc) is 2.48. The third-order valence-electron chi connectivity index (χ3n) is 2.81. The van der Waals surface area contributed by atoms with Crippen molar-refractivity contribution in [2.75, 3.05) is 12.3 Å². The van der Waals surface area contributed by atoms with Crippen LogP contribution in [0.5, 0.6) is 5.88 Å². The number of ether oxygens (including phenoxy) is 1. The number of aromatic nitrogens is 4. The first kappa shape index (κ1) is 13.5. The van der Waals surface area contributed by atoms with E-state index >= 15 is 0 Å². The van der Waals surface area contributed by atoms with Gasteiger partial charge in [0.25, 0.3) is 0 Å². The zero-order valence-electron chi connectivity index (χ0n) is 11.2. The van der Waals surface area contributed by atoms with E-state index in [2.05, 4.69) is 19.9 Å². The number of nitrogen functional groups attached to an aromatic ring is 1. The molecule has 3 rings (SSSR count). The minimum atomic E-state index is 0.111. The van der Waals surface area contributed by atoms with Gasteiger partial charge in [0.15, 0.2) is 11.2 Å². The van der Waals surface area contributed by atoms with E-state index in [1.165, 1.54) is 0 Å². The third kappa shape index (κ3) is 2.71. The van der Waals surface area contributed by atoms with Crippen molar-refractivity contribution in [2.45, 2.75) is 6.92 Å². The van der Waals surface area contributed by atoms with Gasteiger partial charge in [-0.25, -0.2) is 9.97 Å². The van der Waals surface area contributed by atoms with Crippen LogP contribution < -0.4 is 10.5 Å². The summed E-state index contributed by atoms with van der Waals surface area (Å²) in [6, 6.07) is 7.34. The number of fused-ring (bicyclic) bond motifs is 1. The normalized spacial score (nSPS) is 10.8. The van der Waals surface area contributed by atoms with Gasteiger partial charge in [0, 0.05) is 10.6 Å². The molecule has 0 atom stereocenters. The van der Waals surface area contributed by atoms with Crippen molar-refractivity contribution in [3.05, 3.63) is 35.5 Å². The number of benzene rings is 1. The maximum Gasteiger partial charge on any atom is 0.247 e. The molecule has 21 heavy (non-hydrogen) atoms. The second-order valence-electron chi connectivity index (χ2n) is 4.25. The summed E-state index contributed by atoms with van der Waals surface area (Å²) < 4.78 is 5.46. The van der Waals surface area contributed by atoms with Crippen LogP contribution in [0.3, 0.4) is 0 Å². The smallest absolute Gasteiger partial charge is 0.247 e. The molecule has 0 amide bonds. The monoisotopic (exact) mass is 301 g/mol. The molecule has 0 radical (unpaired) electrons. The summed E-state index contributed by atoms with van der Waals surface area (Å²) in [4.78, 5) is 16.9. The maximum absolute atomic E-state index is 5.89. The van der Waals surface area contributed by atoms with Crippen LogP contribution in [0.25, 0.3) is 22.4 Å². The molecule has 0 saturated heterocycles. The van der Waals surface area contributed by atoms with Gasteiger partial charge in [0.1, 0.15) is 0 Å². The van der Waals surface area contributed by atoms with Gasteiger partial charge >= 0.3 is 0 Å². The van der Waals surface area contributed by atoms with Crippen LogP contribution in [0.1, 0.15) is 6.92 Å². The SMILES string of the molecule is CCOc1nc(N)nc2ncc(-c3ccc(Cl)cc3)nc12. The minimum Gasteiger partial charge on any atom is -0.476 e. The van der Waals surface area contributed by atoms with Crippen molar-refractivity contribution in [1.82, 2.24) is 19.9 Å². The fourth-order valence-corrected chi connectivity index (χ4v) is 2.02. The summed E-state index contributed by atoms with van der Waals surface area (Å²) in [6.45, 7) is 2.32. The Hall–Kier alpha value is -2.47. The molecule has 2 N–H and O–H groups in total. The summed E-state index contributed by atoms with van der Waals surface area (Å²) in [6.07, 6.45) is 1.63. The molecular formula is C14H12ClN5O. The van der Waals surface area contributed by atoms with E-state index in [9.17, 15) is 0 Å². The molecule has 0 aliphatic carbocycles. The van der Waals surface area contributed by atoms with Gasteiger partial charge in [-0.2, -0.15) is 9.97 Å². The summed E-state index contributed by atoms with van der Waals surface area (Å²) in [5.74, 6) is 0.447. The maximum atomic E-state index is 5.89. The lowest BCUT2D eigenvalue weighted by Crippen LogP contribution is -2.04. The molecule has 7 heteroatoms.